The molecule has 1 aliphatic rings. The van der Waals surface area contributed by atoms with E-state index in [1.165, 1.54) is 12.7 Å². The molecule has 0 radical (unpaired) electrons. The number of hydrogen-bond acceptors (Lipinski definition) is 6. The van der Waals surface area contributed by atoms with Gasteiger partial charge in [0.15, 0.2) is 0 Å². The fraction of sp³-hybridized carbons (Fsp3) is 0.278. The lowest BCUT2D eigenvalue weighted by Gasteiger charge is -2.34. The number of nitrogens with one attached hydrogen (secondary N) is 1. The third-order valence-corrected chi connectivity index (χ3v) is 4.50. The molecule has 3 aromatic rings. The van der Waals surface area contributed by atoms with Crippen molar-refractivity contribution in [2.45, 2.75) is 6.54 Å². The minimum atomic E-state index is 0.0583. The molecule has 0 unspecified atom stereocenters. The summed E-state index contributed by atoms with van der Waals surface area (Å²) in [6.07, 6.45) is 6.51. The third kappa shape index (κ3) is 3.60. The molecule has 3 heterocycles. The Morgan fingerprint density at radius 1 is 1.04 bits per heavy atom. The zero-order chi connectivity index (χ0) is 17.8. The van der Waals surface area contributed by atoms with Crippen LogP contribution in [0.2, 0.25) is 0 Å². The molecule has 8 heteroatoms. The second-order valence-corrected chi connectivity index (χ2v) is 6.21. The van der Waals surface area contributed by atoms with E-state index in [4.69, 9.17) is 0 Å². The molecule has 4 rings (SSSR count). The van der Waals surface area contributed by atoms with E-state index in [1.807, 2.05) is 29.2 Å². The first-order valence-corrected chi connectivity index (χ1v) is 8.51. The van der Waals surface area contributed by atoms with Gasteiger partial charge in [0, 0.05) is 49.7 Å². The molecule has 1 N–H and O–H groups in total. The van der Waals surface area contributed by atoms with Gasteiger partial charge in [0.25, 0.3) is 5.91 Å². The predicted octanol–water partition coefficient (Wildman–Crippen LogP) is 1.22. The second kappa shape index (κ2) is 7.40. The molecular formula is C18H19N7O. The largest absolute Gasteiger partial charge is 0.336 e. The topological polar surface area (TPSA) is 90.9 Å². The number of benzene rings is 1. The maximum atomic E-state index is 12.9. The Morgan fingerprint density at radius 2 is 1.85 bits per heavy atom. The van der Waals surface area contributed by atoms with Gasteiger partial charge in [-0.1, -0.05) is 12.1 Å². The summed E-state index contributed by atoms with van der Waals surface area (Å²) < 4.78 is 0. The van der Waals surface area contributed by atoms with Gasteiger partial charge < -0.3 is 4.90 Å². The number of carbonyl (C=O) groups is 1. The summed E-state index contributed by atoms with van der Waals surface area (Å²) in [6, 6.07) is 7.62. The Bertz CT molecular complexity index is 858. The zero-order valence-corrected chi connectivity index (χ0v) is 14.2. The van der Waals surface area contributed by atoms with Crippen molar-refractivity contribution < 1.29 is 4.79 Å². The smallest absolute Gasteiger partial charge is 0.253 e. The van der Waals surface area contributed by atoms with Crippen LogP contribution in [0.3, 0.4) is 0 Å². The molecule has 8 nitrogen and oxygen atoms in total. The second-order valence-electron chi connectivity index (χ2n) is 6.21. The van der Waals surface area contributed by atoms with Gasteiger partial charge in [0.1, 0.15) is 18.5 Å². The molecule has 0 saturated carbocycles. The Morgan fingerprint density at radius 3 is 2.58 bits per heavy atom. The van der Waals surface area contributed by atoms with E-state index in [-0.39, 0.29) is 5.91 Å². The third-order valence-electron chi connectivity index (χ3n) is 4.50. The normalized spacial score (nSPS) is 15.2. The van der Waals surface area contributed by atoms with Crippen LogP contribution in [0.5, 0.6) is 0 Å². The van der Waals surface area contributed by atoms with E-state index >= 15 is 0 Å². The van der Waals surface area contributed by atoms with Gasteiger partial charge in [-0.3, -0.25) is 14.8 Å². The van der Waals surface area contributed by atoms with E-state index < -0.39 is 0 Å². The molecule has 1 saturated heterocycles. The van der Waals surface area contributed by atoms with Crippen molar-refractivity contribution in [1.29, 1.82) is 0 Å². The molecular weight excluding hydrogens is 330 g/mol. The molecule has 0 atom stereocenters. The van der Waals surface area contributed by atoms with Gasteiger partial charge in [-0.25, -0.2) is 15.0 Å². The summed E-state index contributed by atoms with van der Waals surface area (Å²) in [6.45, 7) is 3.76. The first-order chi connectivity index (χ1) is 12.8. The van der Waals surface area contributed by atoms with Crippen molar-refractivity contribution in [2.24, 2.45) is 0 Å². The standard InChI is InChI=1S/C18H19N7O/c26-18(15-3-1-2-14(8-15)16-9-19-12-20-10-16)25-6-4-24(5-7-25)11-17-21-13-22-23-17/h1-3,8-10,12-13H,4-7,11H2,(H,21,22,23). The number of nitrogens with zero attached hydrogens (tertiary/aromatic N) is 6. The summed E-state index contributed by atoms with van der Waals surface area (Å²) in [5, 5.41) is 6.74. The number of aromatic amines is 1. The lowest BCUT2D eigenvalue weighted by atomic mass is 10.0. The number of H-pyrrole nitrogens is 1. The lowest BCUT2D eigenvalue weighted by molar-refractivity contribution is 0.0625. The molecule has 0 spiro atoms. The van der Waals surface area contributed by atoms with Gasteiger partial charge >= 0.3 is 0 Å². The van der Waals surface area contributed by atoms with Crippen molar-refractivity contribution in [1.82, 2.24) is 34.9 Å². The minimum absolute atomic E-state index is 0.0583. The van der Waals surface area contributed by atoms with Gasteiger partial charge in [-0.2, -0.15) is 5.10 Å². The molecule has 132 valence electrons. The maximum absolute atomic E-state index is 12.9. The van der Waals surface area contributed by atoms with Crippen LogP contribution in [-0.2, 0) is 6.54 Å². The van der Waals surface area contributed by atoms with E-state index in [9.17, 15) is 4.79 Å². The molecule has 0 bridgehead atoms. The SMILES string of the molecule is O=C(c1cccc(-c2cncnc2)c1)N1CCN(Cc2ncn[nH]2)CC1. The van der Waals surface area contributed by atoms with Crippen LogP contribution < -0.4 is 0 Å². The molecule has 1 aromatic carbocycles. The van der Waals surface area contributed by atoms with Crippen molar-refractivity contribution >= 4 is 5.91 Å². The Kier molecular flexibility index (Phi) is 4.65. The van der Waals surface area contributed by atoms with Gasteiger partial charge in [0.05, 0.1) is 6.54 Å². The van der Waals surface area contributed by atoms with Crippen LogP contribution in [0.25, 0.3) is 11.1 Å². The Labute approximate surface area is 150 Å². The number of amides is 1. The van der Waals surface area contributed by atoms with Crippen molar-refractivity contribution in [3.63, 3.8) is 0 Å². The summed E-state index contributed by atoms with van der Waals surface area (Å²) >= 11 is 0. The summed E-state index contributed by atoms with van der Waals surface area (Å²) in [7, 11) is 0. The van der Waals surface area contributed by atoms with Crippen molar-refractivity contribution in [3.8, 4) is 11.1 Å². The van der Waals surface area contributed by atoms with Crippen LogP contribution >= 0.6 is 0 Å². The quantitative estimate of drug-likeness (QED) is 0.762. The van der Waals surface area contributed by atoms with E-state index in [2.05, 4.69) is 30.0 Å². The lowest BCUT2D eigenvalue weighted by Crippen LogP contribution is -2.48. The van der Waals surface area contributed by atoms with E-state index in [0.29, 0.717) is 18.7 Å². The molecule has 0 aliphatic carbocycles. The van der Waals surface area contributed by atoms with Crippen LogP contribution in [0.4, 0.5) is 0 Å². The molecule has 1 amide bonds. The predicted molar refractivity (Wildman–Crippen MR) is 95.0 cm³/mol. The average Bonchev–Trinajstić information content (AvgIpc) is 3.22. The minimum Gasteiger partial charge on any atom is -0.336 e. The van der Waals surface area contributed by atoms with Gasteiger partial charge in [-0.05, 0) is 17.7 Å². The first-order valence-electron chi connectivity index (χ1n) is 8.51. The number of carbonyl (C=O) groups excluding carboxylic acids is 1. The molecule has 26 heavy (non-hydrogen) atoms. The highest BCUT2D eigenvalue weighted by Gasteiger charge is 2.22. The number of hydrogen-bond donors (Lipinski definition) is 1. The molecule has 1 fully saturated rings. The average molecular weight is 349 g/mol. The highest BCUT2D eigenvalue weighted by atomic mass is 16.2. The highest BCUT2D eigenvalue weighted by Crippen LogP contribution is 2.20. The molecule has 1 aliphatic heterocycles. The van der Waals surface area contributed by atoms with Crippen molar-refractivity contribution in [2.75, 3.05) is 26.2 Å². The monoisotopic (exact) mass is 349 g/mol. The van der Waals surface area contributed by atoms with Crippen LogP contribution in [0.1, 0.15) is 16.2 Å². The summed E-state index contributed by atoms with van der Waals surface area (Å²) in [5.74, 6) is 0.908. The zero-order valence-electron chi connectivity index (χ0n) is 14.2. The number of rotatable bonds is 4. The van der Waals surface area contributed by atoms with Crippen LogP contribution in [0, 0.1) is 0 Å². The van der Waals surface area contributed by atoms with Gasteiger partial charge in [0.2, 0.25) is 0 Å². The van der Waals surface area contributed by atoms with Crippen LogP contribution in [-0.4, -0.2) is 67.0 Å². The Balaban J connectivity index is 1.41. The van der Waals surface area contributed by atoms with Gasteiger partial charge in [-0.15, -0.1) is 0 Å². The van der Waals surface area contributed by atoms with Crippen LogP contribution in [0.15, 0.2) is 49.3 Å². The van der Waals surface area contributed by atoms with E-state index in [1.54, 1.807) is 12.4 Å². The fourth-order valence-corrected chi connectivity index (χ4v) is 3.09. The van der Waals surface area contributed by atoms with Crippen molar-refractivity contribution in [3.05, 3.63) is 60.7 Å². The fourth-order valence-electron chi connectivity index (χ4n) is 3.09. The molecule has 2 aromatic heterocycles. The Hall–Kier alpha value is -3.13. The highest BCUT2D eigenvalue weighted by molar-refractivity contribution is 5.95. The first kappa shape index (κ1) is 16.3. The summed E-state index contributed by atoms with van der Waals surface area (Å²) in [4.78, 5) is 29.3. The number of piperazine rings is 1. The summed E-state index contributed by atoms with van der Waals surface area (Å²) in [5.41, 5.74) is 2.54. The number of aromatic nitrogens is 5. The maximum Gasteiger partial charge on any atom is 0.253 e. The van der Waals surface area contributed by atoms with E-state index in [0.717, 1.165) is 36.6 Å².